The van der Waals surface area contributed by atoms with Crippen LogP contribution in [0, 0.1) is 13.8 Å². The molecule has 306 valence electrons. The predicted molar refractivity (Wildman–Crippen MR) is 255 cm³/mol. The van der Waals surface area contributed by atoms with E-state index in [1.807, 2.05) is 97.1 Å². The fraction of sp³-hybridized carbons (Fsp3) is 0.143. The van der Waals surface area contributed by atoms with E-state index in [1.165, 1.54) is 0 Å². The Kier molecular flexibility index (Phi) is 9.92. The van der Waals surface area contributed by atoms with Gasteiger partial charge in [0.25, 0.3) is 0 Å². The summed E-state index contributed by atoms with van der Waals surface area (Å²) >= 11 is 0. The number of aromatic nitrogens is 2. The van der Waals surface area contributed by atoms with E-state index in [-0.39, 0.29) is 23.7 Å². The number of aryl methyl sites for hydroxylation is 2. The predicted octanol–water partition coefficient (Wildman–Crippen LogP) is 14.3. The average Bonchev–Trinajstić information content (AvgIpc) is 3.80. The third kappa shape index (κ3) is 6.78. The van der Waals surface area contributed by atoms with Crippen LogP contribution in [0.2, 0.25) is 0 Å². The second-order valence-corrected chi connectivity index (χ2v) is 16.5. The van der Waals surface area contributed by atoms with Gasteiger partial charge < -0.3 is 28.8 Å². The molecule has 0 fully saturated rings. The van der Waals surface area contributed by atoms with Crippen LogP contribution in [0.4, 0.5) is 0 Å². The van der Waals surface area contributed by atoms with Crippen molar-refractivity contribution in [1.82, 2.24) is 9.13 Å². The highest BCUT2D eigenvalue weighted by Crippen LogP contribution is 2.45. The molecule has 62 heavy (non-hydrogen) atoms. The smallest absolute Gasteiger partial charge is 0.147 e. The maximum Gasteiger partial charge on any atom is 0.147 e. The monoisotopic (exact) mass is 812 g/mol. The number of aromatic hydroxyl groups is 2. The van der Waals surface area contributed by atoms with Gasteiger partial charge in [-0.3, -0.25) is 0 Å². The number of benzene rings is 8. The van der Waals surface area contributed by atoms with Crippen LogP contribution in [-0.4, -0.2) is 31.6 Å². The van der Waals surface area contributed by atoms with E-state index in [9.17, 15) is 10.2 Å². The molecule has 8 aromatic carbocycles. The van der Waals surface area contributed by atoms with Crippen molar-refractivity contribution in [1.29, 1.82) is 0 Å². The minimum absolute atomic E-state index is 0.143. The van der Waals surface area contributed by atoms with E-state index in [2.05, 4.69) is 110 Å². The number of fused-ring (bicyclic) bond motifs is 6. The van der Waals surface area contributed by atoms with Crippen molar-refractivity contribution in [2.24, 2.45) is 0 Å². The van der Waals surface area contributed by atoms with Gasteiger partial charge >= 0.3 is 0 Å². The Morgan fingerprint density at radius 1 is 0.403 bits per heavy atom. The molecule has 0 aliphatic rings. The molecule has 0 bridgehead atoms. The number of hydrogen-bond donors (Lipinski definition) is 2. The van der Waals surface area contributed by atoms with E-state index in [4.69, 9.17) is 9.47 Å². The average molecular weight is 813 g/mol. The minimum Gasteiger partial charge on any atom is -0.505 e. The van der Waals surface area contributed by atoms with Gasteiger partial charge in [0, 0.05) is 43.8 Å². The van der Waals surface area contributed by atoms with Gasteiger partial charge in [0.1, 0.15) is 23.0 Å². The van der Waals surface area contributed by atoms with Gasteiger partial charge in [0.2, 0.25) is 0 Å². The number of rotatable bonds is 11. The topological polar surface area (TPSA) is 68.8 Å². The van der Waals surface area contributed by atoms with Crippen LogP contribution >= 0.6 is 0 Å². The number of hydrogen-bond acceptors (Lipinski definition) is 4. The lowest BCUT2D eigenvalue weighted by Crippen LogP contribution is -2.18. The molecule has 0 saturated carbocycles. The third-order valence-corrected chi connectivity index (χ3v) is 12.1. The SMILES string of the molecule is Cc1cc(-c2ccccc2OC(C)CC[C@H](C)Oc2ccccc2-c2cc(C)cc(-n3c4ccccc4c4ccccc43)c2O)c(O)c(-n2c3ccccc3c3ccccc32)c1. The summed E-state index contributed by atoms with van der Waals surface area (Å²) in [5.41, 5.74) is 10.8. The Morgan fingerprint density at radius 2 is 0.710 bits per heavy atom. The lowest BCUT2D eigenvalue weighted by Gasteiger charge is -2.22. The summed E-state index contributed by atoms with van der Waals surface area (Å²) in [5, 5.41) is 28.8. The van der Waals surface area contributed by atoms with Crippen molar-refractivity contribution in [2.45, 2.75) is 52.7 Å². The van der Waals surface area contributed by atoms with Crippen LogP contribution in [0.3, 0.4) is 0 Å². The lowest BCUT2D eigenvalue weighted by molar-refractivity contribution is 0.161. The first kappa shape index (κ1) is 38.7. The zero-order valence-electron chi connectivity index (χ0n) is 35.3. The highest BCUT2D eigenvalue weighted by atomic mass is 16.5. The molecule has 2 atom stereocenters. The summed E-state index contributed by atoms with van der Waals surface area (Å²) in [5.74, 6) is 1.82. The van der Waals surface area contributed by atoms with Gasteiger partial charge in [0.15, 0.2) is 0 Å². The van der Waals surface area contributed by atoms with Crippen molar-refractivity contribution >= 4 is 43.6 Å². The lowest BCUT2D eigenvalue weighted by atomic mass is 9.99. The van der Waals surface area contributed by atoms with E-state index in [0.717, 1.165) is 101 Å². The van der Waals surface area contributed by atoms with E-state index in [0.29, 0.717) is 11.5 Å². The van der Waals surface area contributed by atoms with Gasteiger partial charge in [-0.25, -0.2) is 0 Å². The quantitative estimate of drug-likeness (QED) is 0.136. The van der Waals surface area contributed by atoms with Crippen LogP contribution in [-0.2, 0) is 0 Å². The van der Waals surface area contributed by atoms with E-state index < -0.39 is 0 Å². The molecule has 1 unspecified atom stereocenters. The summed E-state index contributed by atoms with van der Waals surface area (Å²) in [4.78, 5) is 0. The molecule has 6 heteroatoms. The molecule has 0 saturated heterocycles. The van der Waals surface area contributed by atoms with Gasteiger partial charge in [0.05, 0.1) is 45.6 Å². The number of phenols is 2. The summed E-state index contributed by atoms with van der Waals surface area (Å²) < 4.78 is 17.7. The molecule has 2 N–H and O–H groups in total. The normalized spacial score (nSPS) is 12.6. The van der Waals surface area contributed by atoms with Crippen molar-refractivity contribution in [2.75, 3.05) is 0 Å². The molecular formula is C56H48N2O4. The first-order valence-corrected chi connectivity index (χ1v) is 21.4. The fourth-order valence-corrected chi connectivity index (χ4v) is 9.24. The summed E-state index contributed by atoms with van der Waals surface area (Å²) in [7, 11) is 0. The molecule has 2 heterocycles. The highest BCUT2D eigenvalue weighted by molar-refractivity contribution is 6.10. The first-order valence-electron chi connectivity index (χ1n) is 21.4. The minimum atomic E-state index is -0.143. The van der Waals surface area contributed by atoms with Crippen LogP contribution in [0.1, 0.15) is 37.8 Å². The molecule has 0 amide bonds. The van der Waals surface area contributed by atoms with Crippen molar-refractivity contribution in [3.63, 3.8) is 0 Å². The molecule has 0 radical (unpaired) electrons. The molecule has 0 aliphatic carbocycles. The van der Waals surface area contributed by atoms with Gasteiger partial charge in [-0.05, 0) is 112 Å². The largest absolute Gasteiger partial charge is 0.505 e. The molecule has 0 spiro atoms. The van der Waals surface area contributed by atoms with E-state index >= 15 is 0 Å². The second kappa shape index (κ2) is 15.9. The van der Waals surface area contributed by atoms with Crippen LogP contribution in [0.5, 0.6) is 23.0 Å². The second-order valence-electron chi connectivity index (χ2n) is 16.5. The Labute approximate surface area is 361 Å². The van der Waals surface area contributed by atoms with Gasteiger partial charge in [-0.2, -0.15) is 0 Å². The third-order valence-electron chi connectivity index (χ3n) is 12.1. The van der Waals surface area contributed by atoms with Crippen LogP contribution < -0.4 is 9.47 Å². The molecule has 0 aliphatic heterocycles. The number of phenolic OH excluding ortho intramolecular Hbond substituents is 2. The van der Waals surface area contributed by atoms with Crippen molar-refractivity contribution < 1.29 is 19.7 Å². The summed E-state index contributed by atoms with van der Waals surface area (Å²) in [6.45, 7) is 8.30. The van der Waals surface area contributed by atoms with Crippen LogP contribution in [0.15, 0.2) is 170 Å². The zero-order chi connectivity index (χ0) is 42.5. The van der Waals surface area contributed by atoms with Crippen LogP contribution in [0.25, 0.3) is 77.2 Å². The fourth-order valence-electron chi connectivity index (χ4n) is 9.24. The molecule has 10 rings (SSSR count). The van der Waals surface area contributed by atoms with Gasteiger partial charge in [-0.15, -0.1) is 0 Å². The molecular weight excluding hydrogens is 765 g/mol. The summed E-state index contributed by atoms with van der Waals surface area (Å²) in [6, 6.07) is 57.4. The number of ether oxygens (including phenoxy) is 2. The maximum absolute atomic E-state index is 12.1. The Bertz CT molecular complexity index is 2970. The van der Waals surface area contributed by atoms with Crippen molar-refractivity contribution in [3.05, 3.63) is 181 Å². The van der Waals surface area contributed by atoms with E-state index in [1.54, 1.807) is 0 Å². The maximum atomic E-state index is 12.1. The van der Waals surface area contributed by atoms with Crippen molar-refractivity contribution in [3.8, 4) is 56.6 Å². The molecule has 2 aromatic heterocycles. The zero-order valence-corrected chi connectivity index (χ0v) is 35.3. The summed E-state index contributed by atoms with van der Waals surface area (Å²) in [6.07, 6.45) is 1.18. The van der Waals surface area contributed by atoms with Gasteiger partial charge in [-0.1, -0.05) is 109 Å². The molecule has 6 nitrogen and oxygen atoms in total. The highest BCUT2D eigenvalue weighted by Gasteiger charge is 2.23. The number of para-hydroxylation sites is 6. The Balaban J connectivity index is 0.896. The Hall–Kier alpha value is -7.44. The first-order chi connectivity index (χ1) is 30.2. The standard InChI is InChI=1S/C56H48N2O4/c1-35-31-45(55(59)51(33-35)57-47-23-11-5-17-39(47)40-18-6-12-24-48(40)57)43-21-9-15-27-53(43)61-37(3)29-30-38(4)62-54-28-16-10-22-44(54)46-32-36(2)34-52(56(46)60)58-49-25-13-7-19-41(49)42-20-8-14-26-50(42)58/h5-28,31-34,37-38,59-60H,29-30H2,1-4H3/t37-,38?/m0/s1. The Morgan fingerprint density at radius 3 is 1.06 bits per heavy atom. The molecule has 10 aromatic rings. The number of nitrogens with zero attached hydrogens (tertiary/aromatic N) is 2.